The molecule has 94 valence electrons. The standard InChI is InChI=1S/C12H9F3N2O/c1-8-6-7-16-11(17(8)18)9-2-4-10(5-3-9)12(13,14)15/h2-7H,1H3. The van der Waals surface area contributed by atoms with Crippen molar-refractivity contribution in [1.29, 1.82) is 0 Å². The Balaban J connectivity index is 2.44. The molecule has 0 N–H and O–H groups in total. The first-order chi connectivity index (χ1) is 8.39. The summed E-state index contributed by atoms with van der Waals surface area (Å²) in [6.45, 7) is 1.60. The second kappa shape index (κ2) is 4.29. The van der Waals surface area contributed by atoms with Crippen molar-refractivity contribution in [3.8, 4) is 11.4 Å². The number of hydrogen-bond donors (Lipinski definition) is 0. The SMILES string of the molecule is Cc1ccnc(-c2ccc(C(F)(F)F)cc2)[n+]1[O-]. The third-order valence-corrected chi connectivity index (χ3v) is 2.50. The fourth-order valence-electron chi connectivity index (χ4n) is 1.50. The van der Waals surface area contributed by atoms with E-state index in [-0.39, 0.29) is 5.82 Å². The minimum Gasteiger partial charge on any atom is -0.710 e. The van der Waals surface area contributed by atoms with Crippen molar-refractivity contribution in [1.82, 2.24) is 4.98 Å². The Bertz CT molecular complexity index is 565. The molecule has 0 unspecified atom stereocenters. The number of nitrogens with zero attached hydrogens (tertiary/aromatic N) is 2. The van der Waals surface area contributed by atoms with E-state index in [1.807, 2.05) is 0 Å². The molecule has 0 atom stereocenters. The largest absolute Gasteiger partial charge is 0.710 e. The van der Waals surface area contributed by atoms with Gasteiger partial charge in [0.25, 0.3) is 0 Å². The summed E-state index contributed by atoms with van der Waals surface area (Å²) in [5, 5.41) is 11.7. The lowest BCUT2D eigenvalue weighted by Crippen LogP contribution is -2.33. The van der Waals surface area contributed by atoms with Gasteiger partial charge in [-0.25, -0.2) is 4.73 Å². The van der Waals surface area contributed by atoms with E-state index in [4.69, 9.17) is 0 Å². The van der Waals surface area contributed by atoms with Crippen molar-refractivity contribution in [2.75, 3.05) is 0 Å². The quantitative estimate of drug-likeness (QED) is 0.580. The number of benzene rings is 1. The van der Waals surface area contributed by atoms with Crippen LogP contribution in [-0.2, 0) is 6.18 Å². The van der Waals surface area contributed by atoms with Crippen molar-refractivity contribution < 1.29 is 17.9 Å². The zero-order chi connectivity index (χ0) is 13.3. The highest BCUT2D eigenvalue weighted by Crippen LogP contribution is 2.30. The first-order valence-electron chi connectivity index (χ1n) is 5.12. The Morgan fingerprint density at radius 1 is 1.11 bits per heavy atom. The first kappa shape index (κ1) is 12.3. The van der Waals surface area contributed by atoms with Crippen molar-refractivity contribution >= 4 is 0 Å². The molecule has 1 heterocycles. The lowest BCUT2D eigenvalue weighted by molar-refractivity contribution is -0.603. The molecule has 0 spiro atoms. The van der Waals surface area contributed by atoms with Gasteiger partial charge < -0.3 is 5.21 Å². The molecule has 1 aromatic carbocycles. The van der Waals surface area contributed by atoms with Gasteiger partial charge in [0.1, 0.15) is 11.9 Å². The van der Waals surface area contributed by atoms with Crippen LogP contribution >= 0.6 is 0 Å². The van der Waals surface area contributed by atoms with E-state index < -0.39 is 11.7 Å². The number of rotatable bonds is 1. The topological polar surface area (TPSA) is 39.8 Å². The molecule has 0 aliphatic rings. The molecule has 0 aliphatic heterocycles. The van der Waals surface area contributed by atoms with Gasteiger partial charge in [0.2, 0.25) is 0 Å². The summed E-state index contributed by atoms with van der Waals surface area (Å²) in [6.07, 6.45) is -2.94. The van der Waals surface area contributed by atoms with Gasteiger partial charge in [-0.3, -0.25) is 0 Å². The van der Waals surface area contributed by atoms with E-state index in [1.54, 1.807) is 6.92 Å². The highest BCUT2D eigenvalue weighted by molar-refractivity contribution is 5.52. The van der Waals surface area contributed by atoms with Crippen LogP contribution < -0.4 is 4.73 Å². The number of halogens is 3. The van der Waals surface area contributed by atoms with Gasteiger partial charge in [0.15, 0.2) is 0 Å². The fraction of sp³-hybridized carbons (Fsp3) is 0.167. The van der Waals surface area contributed by atoms with Gasteiger partial charge in [-0.15, -0.1) is 0 Å². The molecule has 0 radical (unpaired) electrons. The molecule has 0 aliphatic carbocycles. The zero-order valence-corrected chi connectivity index (χ0v) is 9.40. The highest BCUT2D eigenvalue weighted by Gasteiger charge is 2.30. The number of hydrogen-bond acceptors (Lipinski definition) is 2. The predicted octanol–water partition coefficient (Wildman–Crippen LogP) is 2.71. The molecule has 3 nitrogen and oxygen atoms in total. The molecule has 6 heteroatoms. The lowest BCUT2D eigenvalue weighted by atomic mass is 10.1. The van der Waals surface area contributed by atoms with Gasteiger partial charge in [-0.2, -0.15) is 13.2 Å². The van der Waals surface area contributed by atoms with Crippen molar-refractivity contribution in [3.63, 3.8) is 0 Å². The van der Waals surface area contributed by atoms with Gasteiger partial charge in [-0.1, -0.05) is 0 Å². The zero-order valence-electron chi connectivity index (χ0n) is 9.40. The Morgan fingerprint density at radius 3 is 2.28 bits per heavy atom. The van der Waals surface area contributed by atoms with E-state index >= 15 is 0 Å². The molecule has 0 fully saturated rings. The van der Waals surface area contributed by atoms with E-state index in [2.05, 4.69) is 4.98 Å². The normalized spacial score (nSPS) is 11.6. The maximum Gasteiger partial charge on any atom is 0.416 e. The highest BCUT2D eigenvalue weighted by atomic mass is 19.4. The summed E-state index contributed by atoms with van der Waals surface area (Å²) in [4.78, 5) is 3.87. The number of alkyl halides is 3. The first-order valence-corrected chi connectivity index (χ1v) is 5.12. The maximum atomic E-state index is 12.4. The van der Waals surface area contributed by atoms with Gasteiger partial charge >= 0.3 is 12.0 Å². The molecule has 2 rings (SSSR count). The van der Waals surface area contributed by atoms with Gasteiger partial charge in [0, 0.05) is 6.07 Å². The summed E-state index contributed by atoms with van der Waals surface area (Å²) in [5.41, 5.74) is 0.0259. The summed E-state index contributed by atoms with van der Waals surface area (Å²) in [6, 6.07) is 5.86. The second-order valence-electron chi connectivity index (χ2n) is 3.78. The predicted molar refractivity (Wildman–Crippen MR) is 58.4 cm³/mol. The van der Waals surface area contributed by atoms with Crippen molar-refractivity contribution in [2.24, 2.45) is 0 Å². The maximum absolute atomic E-state index is 12.4. The Hall–Kier alpha value is -2.11. The van der Waals surface area contributed by atoms with Crippen LogP contribution in [0.1, 0.15) is 11.3 Å². The molecule has 0 bridgehead atoms. The van der Waals surface area contributed by atoms with E-state index in [0.717, 1.165) is 12.1 Å². The summed E-state index contributed by atoms with van der Waals surface area (Å²) in [7, 11) is 0. The van der Waals surface area contributed by atoms with Gasteiger partial charge in [-0.05, 0) is 36.2 Å². The lowest BCUT2D eigenvalue weighted by Gasteiger charge is -2.09. The third-order valence-electron chi connectivity index (χ3n) is 2.50. The summed E-state index contributed by atoms with van der Waals surface area (Å²) >= 11 is 0. The van der Waals surface area contributed by atoms with Crippen molar-refractivity contribution in [3.05, 3.63) is 53.0 Å². The minimum absolute atomic E-state index is 0.0868. The van der Waals surface area contributed by atoms with Crippen LogP contribution in [0.15, 0.2) is 36.5 Å². The van der Waals surface area contributed by atoms with Crippen LogP contribution in [0.4, 0.5) is 13.2 Å². The van der Waals surface area contributed by atoms with Crippen molar-refractivity contribution in [2.45, 2.75) is 13.1 Å². The molecular weight excluding hydrogens is 245 g/mol. The Morgan fingerprint density at radius 2 is 1.72 bits per heavy atom. The Labute approximate surface area is 101 Å². The van der Waals surface area contributed by atoms with Crippen LogP contribution in [0.2, 0.25) is 0 Å². The fourth-order valence-corrected chi connectivity index (χ4v) is 1.50. The molecule has 2 aromatic rings. The van der Waals surface area contributed by atoms with Crippen LogP contribution in [-0.4, -0.2) is 4.98 Å². The average molecular weight is 254 g/mol. The van der Waals surface area contributed by atoms with E-state index in [1.165, 1.54) is 24.4 Å². The molecule has 0 saturated carbocycles. The smallest absolute Gasteiger partial charge is 0.416 e. The van der Waals surface area contributed by atoms with E-state index in [9.17, 15) is 18.4 Å². The molecule has 18 heavy (non-hydrogen) atoms. The molecule has 0 amide bonds. The summed E-state index contributed by atoms with van der Waals surface area (Å²) in [5.74, 6) is 0.0868. The molecular formula is C12H9F3N2O. The minimum atomic E-state index is -4.38. The summed E-state index contributed by atoms with van der Waals surface area (Å²) < 4.78 is 37.7. The molecule has 1 aromatic heterocycles. The van der Waals surface area contributed by atoms with Crippen LogP contribution in [0, 0.1) is 12.1 Å². The van der Waals surface area contributed by atoms with Crippen LogP contribution in [0.3, 0.4) is 0 Å². The number of aryl methyl sites for hydroxylation is 1. The molecule has 0 saturated heterocycles. The van der Waals surface area contributed by atoms with Gasteiger partial charge in [0.05, 0.1) is 11.1 Å². The third kappa shape index (κ3) is 2.27. The van der Waals surface area contributed by atoms with Crippen LogP contribution in [0.25, 0.3) is 11.4 Å². The second-order valence-corrected chi connectivity index (χ2v) is 3.78. The van der Waals surface area contributed by atoms with Crippen LogP contribution in [0.5, 0.6) is 0 Å². The average Bonchev–Trinajstić information content (AvgIpc) is 2.32. The van der Waals surface area contributed by atoms with E-state index in [0.29, 0.717) is 16.0 Å². The monoisotopic (exact) mass is 254 g/mol. The number of aromatic nitrogens is 2. The Kier molecular flexibility index (Phi) is 2.94.